The summed E-state index contributed by atoms with van der Waals surface area (Å²) in [6.45, 7) is 6.39. The van der Waals surface area contributed by atoms with Gasteiger partial charge in [0.05, 0.1) is 12.1 Å². The highest BCUT2D eigenvalue weighted by Crippen LogP contribution is 2.31. The minimum absolute atomic E-state index is 0.341. The normalized spacial score (nSPS) is 22.2. The van der Waals surface area contributed by atoms with Gasteiger partial charge in [-0.25, -0.2) is 0 Å². The molecule has 0 amide bonds. The Labute approximate surface area is 117 Å². The Morgan fingerprint density at radius 3 is 2.84 bits per heavy atom. The van der Waals surface area contributed by atoms with Crippen LogP contribution in [0, 0.1) is 0 Å². The van der Waals surface area contributed by atoms with Crippen molar-refractivity contribution >= 4 is 0 Å². The van der Waals surface area contributed by atoms with Gasteiger partial charge in [-0.15, -0.1) is 0 Å². The number of hydrogen-bond donors (Lipinski definition) is 1. The Bertz CT molecular complexity index is 377. The Kier molecular flexibility index (Phi) is 5.87. The van der Waals surface area contributed by atoms with Crippen molar-refractivity contribution in [3.8, 4) is 0 Å². The van der Waals surface area contributed by atoms with Crippen molar-refractivity contribution in [2.24, 2.45) is 0 Å². The zero-order valence-electron chi connectivity index (χ0n) is 12.3. The summed E-state index contributed by atoms with van der Waals surface area (Å²) in [7, 11) is 0. The number of aryl methyl sites for hydroxylation is 1. The predicted octanol–water partition coefficient (Wildman–Crippen LogP) is 3.86. The van der Waals surface area contributed by atoms with Crippen LogP contribution < -0.4 is 5.32 Å². The molecule has 2 atom stereocenters. The summed E-state index contributed by atoms with van der Waals surface area (Å²) in [6.07, 6.45) is 6.17. The van der Waals surface area contributed by atoms with Crippen molar-refractivity contribution < 1.29 is 4.74 Å². The molecule has 0 radical (unpaired) electrons. The molecule has 0 bridgehead atoms. The first-order chi connectivity index (χ1) is 9.36. The summed E-state index contributed by atoms with van der Waals surface area (Å²) in [5.74, 6) is 0. The van der Waals surface area contributed by atoms with Crippen LogP contribution in [-0.4, -0.2) is 19.3 Å². The summed E-state index contributed by atoms with van der Waals surface area (Å²) in [6, 6.07) is 9.19. The Morgan fingerprint density at radius 1 is 1.21 bits per heavy atom. The van der Waals surface area contributed by atoms with Crippen molar-refractivity contribution in [1.29, 1.82) is 0 Å². The Hall–Kier alpha value is -0.860. The van der Waals surface area contributed by atoms with Crippen LogP contribution in [0.5, 0.6) is 0 Å². The maximum absolute atomic E-state index is 6.13. The van der Waals surface area contributed by atoms with E-state index in [1.165, 1.54) is 30.4 Å². The number of nitrogens with one attached hydrogen (secondary N) is 1. The van der Waals surface area contributed by atoms with Gasteiger partial charge in [0.25, 0.3) is 0 Å². The molecule has 0 aliphatic heterocycles. The quantitative estimate of drug-likeness (QED) is 0.753. The summed E-state index contributed by atoms with van der Waals surface area (Å²) in [5, 5.41) is 3.68. The van der Waals surface area contributed by atoms with Gasteiger partial charge in [0.15, 0.2) is 0 Å². The van der Waals surface area contributed by atoms with Gasteiger partial charge in [-0.2, -0.15) is 0 Å². The molecule has 0 spiro atoms. The Morgan fingerprint density at radius 2 is 2.05 bits per heavy atom. The highest BCUT2D eigenvalue weighted by molar-refractivity contribution is 5.33. The Balaban J connectivity index is 2.07. The van der Waals surface area contributed by atoms with Crippen LogP contribution in [0.4, 0.5) is 0 Å². The smallest absolute Gasteiger partial charge is 0.0773 e. The molecule has 2 unspecified atom stereocenters. The van der Waals surface area contributed by atoms with Gasteiger partial charge < -0.3 is 10.1 Å². The molecule has 1 aromatic carbocycles. The monoisotopic (exact) mass is 261 g/mol. The van der Waals surface area contributed by atoms with E-state index < -0.39 is 0 Å². The molecular weight excluding hydrogens is 234 g/mol. The number of rotatable bonds is 7. The first-order valence-corrected chi connectivity index (χ1v) is 7.79. The average molecular weight is 261 g/mol. The molecule has 0 aromatic heterocycles. The standard InChI is InChI=1S/C17H27NO/c1-3-5-13-19-16-11-10-14-8-6-7-9-15(14)17(16)18-12-4-2/h6-9,16-18H,3-5,10-13H2,1-2H3. The lowest BCUT2D eigenvalue weighted by atomic mass is 9.85. The van der Waals surface area contributed by atoms with Gasteiger partial charge in [-0.1, -0.05) is 44.5 Å². The lowest BCUT2D eigenvalue weighted by molar-refractivity contribution is 0.0142. The fourth-order valence-electron chi connectivity index (χ4n) is 2.83. The van der Waals surface area contributed by atoms with Gasteiger partial charge in [0, 0.05) is 6.61 Å². The van der Waals surface area contributed by atoms with Crippen LogP contribution in [-0.2, 0) is 11.2 Å². The van der Waals surface area contributed by atoms with E-state index in [9.17, 15) is 0 Å². The zero-order valence-corrected chi connectivity index (χ0v) is 12.3. The first kappa shape index (κ1) is 14.5. The highest BCUT2D eigenvalue weighted by atomic mass is 16.5. The molecule has 0 saturated heterocycles. The second-order valence-electron chi connectivity index (χ2n) is 5.43. The van der Waals surface area contributed by atoms with E-state index in [0.29, 0.717) is 12.1 Å². The lowest BCUT2D eigenvalue weighted by Gasteiger charge is -2.34. The van der Waals surface area contributed by atoms with E-state index in [1.54, 1.807) is 0 Å². The van der Waals surface area contributed by atoms with E-state index >= 15 is 0 Å². The molecule has 2 rings (SSSR count). The fraction of sp³-hybridized carbons (Fsp3) is 0.647. The molecule has 0 fully saturated rings. The van der Waals surface area contributed by atoms with E-state index in [0.717, 1.165) is 26.0 Å². The third-order valence-electron chi connectivity index (χ3n) is 3.90. The average Bonchev–Trinajstić information content (AvgIpc) is 2.46. The van der Waals surface area contributed by atoms with Gasteiger partial charge >= 0.3 is 0 Å². The second kappa shape index (κ2) is 7.66. The van der Waals surface area contributed by atoms with Gasteiger partial charge in [0.2, 0.25) is 0 Å². The number of benzene rings is 1. The molecule has 0 saturated carbocycles. The van der Waals surface area contributed by atoms with Crippen molar-refractivity contribution in [2.75, 3.05) is 13.2 Å². The van der Waals surface area contributed by atoms with Crippen LogP contribution in [0.2, 0.25) is 0 Å². The zero-order chi connectivity index (χ0) is 13.5. The van der Waals surface area contributed by atoms with Crippen LogP contribution in [0.15, 0.2) is 24.3 Å². The van der Waals surface area contributed by atoms with Crippen LogP contribution in [0.25, 0.3) is 0 Å². The van der Waals surface area contributed by atoms with Crippen molar-refractivity contribution in [3.05, 3.63) is 35.4 Å². The van der Waals surface area contributed by atoms with Crippen molar-refractivity contribution in [3.63, 3.8) is 0 Å². The third-order valence-corrected chi connectivity index (χ3v) is 3.90. The molecule has 2 heteroatoms. The van der Waals surface area contributed by atoms with Crippen molar-refractivity contribution in [1.82, 2.24) is 5.32 Å². The fourth-order valence-corrected chi connectivity index (χ4v) is 2.83. The highest BCUT2D eigenvalue weighted by Gasteiger charge is 2.29. The van der Waals surface area contributed by atoms with E-state index in [1.807, 2.05) is 0 Å². The molecule has 1 aromatic rings. The summed E-state index contributed by atoms with van der Waals surface area (Å²) in [5.41, 5.74) is 2.94. The molecule has 1 aliphatic rings. The SMILES string of the molecule is CCCCOC1CCc2ccccc2C1NCCC. The van der Waals surface area contributed by atoms with E-state index in [2.05, 4.69) is 43.4 Å². The summed E-state index contributed by atoms with van der Waals surface area (Å²) in [4.78, 5) is 0. The minimum atomic E-state index is 0.341. The first-order valence-electron chi connectivity index (χ1n) is 7.79. The molecule has 106 valence electrons. The lowest BCUT2D eigenvalue weighted by Crippen LogP contribution is -2.38. The van der Waals surface area contributed by atoms with E-state index in [4.69, 9.17) is 4.74 Å². The summed E-state index contributed by atoms with van der Waals surface area (Å²) < 4.78 is 6.13. The largest absolute Gasteiger partial charge is 0.376 e. The van der Waals surface area contributed by atoms with Gasteiger partial charge in [-0.05, 0) is 43.4 Å². The topological polar surface area (TPSA) is 21.3 Å². The van der Waals surface area contributed by atoms with Crippen molar-refractivity contribution in [2.45, 2.75) is 58.1 Å². The molecule has 1 N–H and O–H groups in total. The predicted molar refractivity (Wildman–Crippen MR) is 80.4 cm³/mol. The van der Waals surface area contributed by atoms with Gasteiger partial charge in [-0.3, -0.25) is 0 Å². The number of fused-ring (bicyclic) bond motifs is 1. The van der Waals surface area contributed by atoms with Gasteiger partial charge in [0.1, 0.15) is 0 Å². The van der Waals surface area contributed by atoms with E-state index in [-0.39, 0.29) is 0 Å². The molecule has 2 nitrogen and oxygen atoms in total. The molecular formula is C17H27NO. The molecule has 1 aliphatic carbocycles. The maximum Gasteiger partial charge on any atom is 0.0773 e. The van der Waals surface area contributed by atoms with Crippen LogP contribution in [0.3, 0.4) is 0 Å². The molecule has 19 heavy (non-hydrogen) atoms. The third kappa shape index (κ3) is 3.80. The number of hydrogen-bond acceptors (Lipinski definition) is 2. The maximum atomic E-state index is 6.13. The van der Waals surface area contributed by atoms with Crippen LogP contribution >= 0.6 is 0 Å². The number of ether oxygens (including phenoxy) is 1. The molecule has 0 heterocycles. The second-order valence-corrected chi connectivity index (χ2v) is 5.43. The minimum Gasteiger partial charge on any atom is -0.376 e. The summed E-state index contributed by atoms with van der Waals surface area (Å²) >= 11 is 0. The van der Waals surface area contributed by atoms with Crippen LogP contribution in [0.1, 0.15) is 56.7 Å². The number of unbranched alkanes of at least 4 members (excludes halogenated alkanes) is 1.